The first-order valence-corrected chi connectivity index (χ1v) is 12.5. The fourth-order valence-corrected chi connectivity index (χ4v) is 5.31. The van der Waals surface area contributed by atoms with Gasteiger partial charge in [0.1, 0.15) is 0 Å². The summed E-state index contributed by atoms with van der Waals surface area (Å²) in [5.41, 5.74) is 2.35. The lowest BCUT2D eigenvalue weighted by atomic mass is 9.89. The molecule has 0 radical (unpaired) electrons. The van der Waals surface area contributed by atoms with Crippen molar-refractivity contribution >= 4 is 33.1 Å². The molecule has 4 nitrogen and oxygen atoms in total. The maximum atomic E-state index is 12.2. The second-order valence-electron chi connectivity index (χ2n) is 8.39. The van der Waals surface area contributed by atoms with Gasteiger partial charge in [0, 0.05) is 16.9 Å². The molecule has 1 fully saturated rings. The van der Waals surface area contributed by atoms with Gasteiger partial charge in [0.2, 0.25) is 0 Å². The molecule has 1 aliphatic heterocycles. The Morgan fingerprint density at radius 1 is 1.23 bits per heavy atom. The number of nitrogens with zero attached hydrogens (tertiary/aromatic N) is 1. The molecule has 1 aromatic carbocycles. The van der Waals surface area contributed by atoms with Crippen molar-refractivity contribution in [3.05, 3.63) is 41.8 Å². The van der Waals surface area contributed by atoms with Gasteiger partial charge in [-0.2, -0.15) is 0 Å². The van der Waals surface area contributed by atoms with Gasteiger partial charge in [-0.1, -0.05) is 25.8 Å². The van der Waals surface area contributed by atoms with E-state index in [2.05, 4.69) is 46.5 Å². The highest BCUT2D eigenvalue weighted by molar-refractivity contribution is 7.17. The van der Waals surface area contributed by atoms with E-state index >= 15 is 0 Å². The number of anilines is 1. The number of carbonyl (C=O) groups is 1. The summed E-state index contributed by atoms with van der Waals surface area (Å²) in [6.07, 6.45) is 11.4. The monoisotopic (exact) mass is 427 g/mol. The van der Waals surface area contributed by atoms with E-state index in [4.69, 9.17) is 0 Å². The normalized spacial score (nSPS) is 15.4. The lowest BCUT2D eigenvalue weighted by Crippen LogP contribution is -2.33. The number of benzene rings is 1. The summed E-state index contributed by atoms with van der Waals surface area (Å²) in [5, 5.41) is 9.61. The minimum Gasteiger partial charge on any atom is -0.338 e. The Kier molecular flexibility index (Phi) is 9.22. The molecule has 0 bridgehead atoms. The summed E-state index contributed by atoms with van der Waals surface area (Å²) in [6, 6.07) is 6.19. The Bertz CT molecular complexity index is 808. The second kappa shape index (κ2) is 12.1. The number of hydrogen-bond acceptors (Lipinski definition) is 3. The number of fused-ring (bicyclic) bond motifs is 1. The number of urea groups is 1. The van der Waals surface area contributed by atoms with E-state index < -0.39 is 0 Å². The Hall–Kier alpha value is -1.85. The van der Waals surface area contributed by atoms with Crippen molar-refractivity contribution in [3.63, 3.8) is 0 Å². The van der Waals surface area contributed by atoms with Crippen LogP contribution in [0.4, 0.5) is 10.5 Å². The molecule has 164 valence electrons. The number of piperidine rings is 1. The van der Waals surface area contributed by atoms with Crippen molar-refractivity contribution in [2.75, 3.05) is 31.5 Å². The van der Waals surface area contributed by atoms with Crippen molar-refractivity contribution < 1.29 is 4.79 Å². The van der Waals surface area contributed by atoms with Gasteiger partial charge in [-0.25, -0.2) is 4.79 Å². The Labute approximate surface area is 185 Å². The van der Waals surface area contributed by atoms with Crippen LogP contribution in [0.2, 0.25) is 0 Å². The summed E-state index contributed by atoms with van der Waals surface area (Å²) < 4.78 is 1.31. The third-order valence-corrected chi connectivity index (χ3v) is 7.07. The Balaban J connectivity index is 1.55. The number of hydrogen-bond donors (Lipinski definition) is 2. The molecule has 2 aromatic rings. The molecule has 1 saturated heterocycles. The van der Waals surface area contributed by atoms with Crippen LogP contribution >= 0.6 is 11.3 Å². The highest BCUT2D eigenvalue weighted by Crippen LogP contribution is 2.37. The van der Waals surface area contributed by atoms with Crippen LogP contribution < -0.4 is 10.6 Å². The minimum atomic E-state index is -0.120. The molecule has 1 aromatic heterocycles. The van der Waals surface area contributed by atoms with Crippen LogP contribution in [0, 0.1) is 0 Å². The number of nitrogens with one attached hydrogen (secondary N) is 2. The minimum absolute atomic E-state index is 0.120. The molecule has 2 N–H and O–H groups in total. The van der Waals surface area contributed by atoms with Crippen LogP contribution in [0.15, 0.2) is 36.2 Å². The van der Waals surface area contributed by atoms with Gasteiger partial charge in [0.15, 0.2) is 0 Å². The second-order valence-corrected chi connectivity index (χ2v) is 9.30. The molecule has 1 aliphatic rings. The van der Waals surface area contributed by atoms with Crippen LogP contribution in [-0.2, 0) is 0 Å². The van der Waals surface area contributed by atoms with Gasteiger partial charge in [0.05, 0.1) is 0 Å². The van der Waals surface area contributed by atoms with Crippen LogP contribution in [0.25, 0.3) is 10.1 Å². The first-order valence-electron chi connectivity index (χ1n) is 11.6. The average molecular weight is 428 g/mol. The molecular formula is C25H37N3OS. The number of thiophene rings is 1. The first kappa shape index (κ1) is 22.8. The van der Waals surface area contributed by atoms with E-state index in [1.165, 1.54) is 67.4 Å². The summed E-state index contributed by atoms with van der Waals surface area (Å²) in [7, 11) is 0. The van der Waals surface area contributed by atoms with Gasteiger partial charge in [-0.15, -0.1) is 17.9 Å². The highest BCUT2D eigenvalue weighted by atomic mass is 32.1. The summed E-state index contributed by atoms with van der Waals surface area (Å²) in [4.78, 5) is 14.8. The Morgan fingerprint density at radius 3 is 2.83 bits per heavy atom. The lowest BCUT2D eigenvalue weighted by Gasteiger charge is -2.32. The summed E-state index contributed by atoms with van der Waals surface area (Å²) >= 11 is 1.82. The first-order chi connectivity index (χ1) is 14.7. The standard InChI is InChI=1S/C25H37N3OS/c1-3-5-7-8-14-26-25(29)27-21-10-11-24-22(18-21)23(19-30-24)20-12-16-28(17-13-20)15-9-6-4-2/h3,10-11,18-20H,1,4-9,12-17H2,2H3,(H2,26,27,29). The molecule has 0 aliphatic carbocycles. The molecule has 0 saturated carbocycles. The number of amides is 2. The van der Waals surface area contributed by atoms with E-state index in [1.54, 1.807) is 0 Å². The fraction of sp³-hybridized carbons (Fsp3) is 0.560. The highest BCUT2D eigenvalue weighted by Gasteiger charge is 2.22. The van der Waals surface area contributed by atoms with Gasteiger partial charge in [-0.05, 0) is 98.6 Å². The number of carbonyl (C=O) groups excluding carboxylic acids is 1. The molecule has 0 atom stereocenters. The van der Waals surface area contributed by atoms with Crippen LogP contribution in [0.1, 0.15) is 69.8 Å². The average Bonchev–Trinajstić information content (AvgIpc) is 3.17. The van der Waals surface area contributed by atoms with E-state index in [0.717, 1.165) is 24.9 Å². The Morgan fingerprint density at radius 2 is 2.07 bits per heavy atom. The van der Waals surface area contributed by atoms with Crippen molar-refractivity contribution in [3.8, 4) is 0 Å². The third kappa shape index (κ3) is 6.58. The van der Waals surface area contributed by atoms with Gasteiger partial charge in [0.25, 0.3) is 0 Å². The molecule has 2 heterocycles. The maximum Gasteiger partial charge on any atom is 0.319 e. The summed E-state index contributed by atoms with van der Waals surface area (Å²) in [6.45, 7) is 10.4. The van der Waals surface area contributed by atoms with Crippen LogP contribution in [0.5, 0.6) is 0 Å². The maximum absolute atomic E-state index is 12.2. The van der Waals surface area contributed by atoms with Gasteiger partial charge < -0.3 is 15.5 Å². The lowest BCUT2D eigenvalue weighted by molar-refractivity contribution is 0.209. The predicted molar refractivity (Wildman–Crippen MR) is 131 cm³/mol. The third-order valence-electron chi connectivity index (χ3n) is 6.09. The summed E-state index contributed by atoms with van der Waals surface area (Å²) in [5.74, 6) is 0.634. The van der Waals surface area contributed by atoms with E-state index in [0.29, 0.717) is 12.5 Å². The number of allylic oxidation sites excluding steroid dienone is 1. The molecule has 5 heteroatoms. The van der Waals surface area contributed by atoms with Crippen molar-refractivity contribution in [2.45, 2.75) is 64.2 Å². The van der Waals surface area contributed by atoms with Gasteiger partial charge >= 0.3 is 6.03 Å². The van der Waals surface area contributed by atoms with Gasteiger partial charge in [-0.3, -0.25) is 0 Å². The largest absolute Gasteiger partial charge is 0.338 e. The zero-order valence-corrected chi connectivity index (χ0v) is 19.2. The molecule has 3 rings (SSSR count). The van der Waals surface area contributed by atoms with Crippen molar-refractivity contribution in [2.24, 2.45) is 0 Å². The number of rotatable bonds is 11. The van der Waals surface area contributed by atoms with Crippen molar-refractivity contribution in [1.82, 2.24) is 10.2 Å². The van der Waals surface area contributed by atoms with Crippen LogP contribution in [0.3, 0.4) is 0 Å². The number of likely N-dealkylation sites (tertiary alicyclic amines) is 1. The molecular weight excluding hydrogens is 390 g/mol. The zero-order valence-electron chi connectivity index (χ0n) is 18.4. The number of unbranched alkanes of at least 4 members (excludes halogenated alkanes) is 4. The molecule has 0 spiro atoms. The molecule has 30 heavy (non-hydrogen) atoms. The van der Waals surface area contributed by atoms with E-state index in [9.17, 15) is 4.79 Å². The molecule has 0 unspecified atom stereocenters. The SMILES string of the molecule is C=CCCCCNC(=O)Nc1ccc2scc(C3CCN(CCCCC)CC3)c2c1. The van der Waals surface area contributed by atoms with E-state index in [1.807, 2.05) is 23.5 Å². The van der Waals surface area contributed by atoms with E-state index in [-0.39, 0.29) is 6.03 Å². The van der Waals surface area contributed by atoms with Crippen molar-refractivity contribution in [1.29, 1.82) is 0 Å². The fourth-order valence-electron chi connectivity index (χ4n) is 4.29. The quantitative estimate of drug-likeness (QED) is 0.308. The zero-order chi connectivity index (χ0) is 21.2. The predicted octanol–water partition coefficient (Wildman–Crippen LogP) is 6.75. The van der Waals surface area contributed by atoms with Crippen LogP contribution in [-0.4, -0.2) is 37.1 Å². The smallest absolute Gasteiger partial charge is 0.319 e. The molecule has 2 amide bonds. The topological polar surface area (TPSA) is 44.4 Å².